The summed E-state index contributed by atoms with van der Waals surface area (Å²) in [6, 6.07) is 6.84. The molecule has 0 saturated carbocycles. The Bertz CT molecular complexity index is 468. The molecule has 0 unspecified atom stereocenters. The van der Waals surface area contributed by atoms with Crippen molar-refractivity contribution < 1.29 is 4.74 Å². The van der Waals surface area contributed by atoms with Crippen molar-refractivity contribution in [3.05, 3.63) is 28.8 Å². The highest BCUT2D eigenvalue weighted by molar-refractivity contribution is 7.99. The zero-order chi connectivity index (χ0) is 14.7. The van der Waals surface area contributed by atoms with E-state index in [0.29, 0.717) is 5.92 Å². The molecule has 0 aromatic heterocycles. The van der Waals surface area contributed by atoms with Gasteiger partial charge in [0.15, 0.2) is 0 Å². The molecule has 0 atom stereocenters. The van der Waals surface area contributed by atoms with Crippen LogP contribution in [0, 0.1) is 0 Å². The van der Waals surface area contributed by atoms with E-state index in [1.54, 1.807) is 7.11 Å². The van der Waals surface area contributed by atoms with Crippen LogP contribution in [0.4, 0.5) is 0 Å². The summed E-state index contributed by atoms with van der Waals surface area (Å²) in [7, 11) is 1.75. The van der Waals surface area contributed by atoms with Gasteiger partial charge in [0, 0.05) is 11.1 Å². The third-order valence-electron chi connectivity index (χ3n) is 4.87. The first kappa shape index (κ1) is 15.5. The van der Waals surface area contributed by atoms with Crippen LogP contribution in [-0.4, -0.2) is 42.6 Å². The third-order valence-corrected chi connectivity index (χ3v) is 6.15. The fraction of sp³-hybridized carbons (Fsp3) is 0.647. The lowest BCUT2D eigenvalue weighted by atomic mass is 9.88. The van der Waals surface area contributed by atoms with Gasteiger partial charge in [0.05, 0.1) is 7.11 Å². The van der Waals surface area contributed by atoms with E-state index in [1.165, 1.54) is 55.8 Å². The first-order valence-electron chi connectivity index (χ1n) is 7.93. The Morgan fingerprint density at radius 3 is 2.52 bits per heavy atom. The van der Waals surface area contributed by atoms with Gasteiger partial charge < -0.3 is 9.64 Å². The van der Waals surface area contributed by atoms with Crippen LogP contribution in [0.5, 0.6) is 5.75 Å². The SMILES string of the molecule is COc1ccc(Cl)cc1C1CCN(C2CCSCC2)CC1. The minimum atomic E-state index is 0.591. The fourth-order valence-electron chi connectivity index (χ4n) is 3.65. The number of piperidine rings is 1. The molecule has 0 N–H and O–H groups in total. The van der Waals surface area contributed by atoms with Gasteiger partial charge >= 0.3 is 0 Å². The first-order valence-corrected chi connectivity index (χ1v) is 9.46. The molecule has 116 valence electrons. The standard InChI is InChI=1S/C17H24ClNOS/c1-20-17-3-2-14(18)12-16(17)13-4-8-19(9-5-13)15-6-10-21-11-7-15/h2-3,12-13,15H,4-11H2,1H3. The summed E-state index contributed by atoms with van der Waals surface area (Å²) >= 11 is 8.28. The monoisotopic (exact) mass is 325 g/mol. The number of ether oxygens (including phenoxy) is 1. The number of likely N-dealkylation sites (tertiary alicyclic amines) is 1. The second-order valence-corrected chi connectivity index (χ2v) is 7.70. The van der Waals surface area contributed by atoms with Gasteiger partial charge in [0.2, 0.25) is 0 Å². The van der Waals surface area contributed by atoms with E-state index in [2.05, 4.69) is 22.7 Å². The van der Waals surface area contributed by atoms with Crippen LogP contribution in [-0.2, 0) is 0 Å². The summed E-state index contributed by atoms with van der Waals surface area (Å²) < 4.78 is 5.52. The normalized spacial score (nSPS) is 22.4. The molecule has 21 heavy (non-hydrogen) atoms. The van der Waals surface area contributed by atoms with Crippen molar-refractivity contribution in [2.75, 3.05) is 31.7 Å². The minimum Gasteiger partial charge on any atom is -0.496 e. The van der Waals surface area contributed by atoms with E-state index >= 15 is 0 Å². The molecule has 2 saturated heterocycles. The van der Waals surface area contributed by atoms with Gasteiger partial charge in [-0.2, -0.15) is 11.8 Å². The largest absolute Gasteiger partial charge is 0.496 e. The number of methoxy groups -OCH3 is 1. The van der Waals surface area contributed by atoms with Gasteiger partial charge in [0.1, 0.15) is 5.75 Å². The van der Waals surface area contributed by atoms with Crippen LogP contribution in [0.25, 0.3) is 0 Å². The number of halogens is 1. The van der Waals surface area contributed by atoms with E-state index in [0.717, 1.165) is 16.8 Å². The summed E-state index contributed by atoms with van der Waals surface area (Å²) in [5.41, 5.74) is 1.30. The molecular formula is C17H24ClNOS. The van der Waals surface area contributed by atoms with Gasteiger partial charge in [-0.15, -0.1) is 0 Å². The van der Waals surface area contributed by atoms with E-state index in [9.17, 15) is 0 Å². The van der Waals surface area contributed by atoms with Crippen LogP contribution in [0.2, 0.25) is 5.02 Å². The molecule has 1 aromatic carbocycles. The van der Waals surface area contributed by atoms with Gasteiger partial charge in [-0.3, -0.25) is 0 Å². The number of thioether (sulfide) groups is 1. The molecule has 2 heterocycles. The Balaban J connectivity index is 1.64. The van der Waals surface area contributed by atoms with Crippen molar-refractivity contribution in [2.45, 2.75) is 37.6 Å². The average Bonchev–Trinajstić information content (AvgIpc) is 2.56. The summed E-state index contributed by atoms with van der Waals surface area (Å²) in [5, 5.41) is 0.817. The second-order valence-electron chi connectivity index (χ2n) is 6.04. The van der Waals surface area contributed by atoms with E-state index in [1.807, 2.05) is 12.1 Å². The second kappa shape index (κ2) is 7.26. The summed E-state index contributed by atoms with van der Waals surface area (Å²) in [4.78, 5) is 2.72. The van der Waals surface area contributed by atoms with E-state index < -0.39 is 0 Å². The molecule has 2 aliphatic heterocycles. The van der Waals surface area contributed by atoms with Crippen LogP contribution in [0.1, 0.15) is 37.2 Å². The van der Waals surface area contributed by atoms with E-state index in [-0.39, 0.29) is 0 Å². The van der Waals surface area contributed by atoms with Crippen LogP contribution < -0.4 is 4.74 Å². The maximum atomic E-state index is 6.18. The van der Waals surface area contributed by atoms with Gasteiger partial charge in [-0.05, 0) is 80.0 Å². The highest BCUT2D eigenvalue weighted by atomic mass is 35.5. The molecule has 2 fully saturated rings. The predicted octanol–water partition coefficient (Wildman–Crippen LogP) is 4.42. The molecule has 0 spiro atoms. The molecule has 4 heteroatoms. The Labute approximate surface area is 137 Å². The molecule has 3 rings (SSSR count). The van der Waals surface area contributed by atoms with Crippen LogP contribution >= 0.6 is 23.4 Å². The van der Waals surface area contributed by atoms with Crippen molar-refractivity contribution in [3.63, 3.8) is 0 Å². The maximum Gasteiger partial charge on any atom is 0.122 e. The average molecular weight is 326 g/mol. The molecule has 0 amide bonds. The fourth-order valence-corrected chi connectivity index (χ4v) is 4.91. The molecule has 0 aliphatic carbocycles. The van der Waals surface area contributed by atoms with Crippen molar-refractivity contribution in [3.8, 4) is 5.75 Å². The number of benzene rings is 1. The van der Waals surface area contributed by atoms with Gasteiger partial charge in [-0.25, -0.2) is 0 Å². The van der Waals surface area contributed by atoms with Crippen molar-refractivity contribution in [2.24, 2.45) is 0 Å². The maximum absolute atomic E-state index is 6.18. The number of hydrogen-bond donors (Lipinski definition) is 0. The Morgan fingerprint density at radius 2 is 1.86 bits per heavy atom. The molecule has 2 aliphatic rings. The highest BCUT2D eigenvalue weighted by Crippen LogP contribution is 2.37. The first-order chi connectivity index (χ1) is 10.3. The Hall–Kier alpha value is -0.380. The quantitative estimate of drug-likeness (QED) is 0.816. The third kappa shape index (κ3) is 3.69. The molecule has 0 radical (unpaired) electrons. The number of nitrogens with zero attached hydrogens (tertiary/aromatic N) is 1. The number of hydrogen-bond acceptors (Lipinski definition) is 3. The smallest absolute Gasteiger partial charge is 0.122 e. The minimum absolute atomic E-state index is 0.591. The van der Waals surface area contributed by atoms with Crippen LogP contribution in [0.15, 0.2) is 18.2 Å². The zero-order valence-electron chi connectivity index (χ0n) is 12.7. The summed E-state index contributed by atoms with van der Waals surface area (Å²) in [6.45, 7) is 2.44. The lowest BCUT2D eigenvalue weighted by Gasteiger charge is -2.39. The van der Waals surface area contributed by atoms with Crippen molar-refractivity contribution in [1.82, 2.24) is 4.90 Å². The Morgan fingerprint density at radius 1 is 1.14 bits per heavy atom. The molecule has 1 aromatic rings. The van der Waals surface area contributed by atoms with Crippen molar-refractivity contribution in [1.29, 1.82) is 0 Å². The predicted molar refractivity (Wildman–Crippen MR) is 91.9 cm³/mol. The topological polar surface area (TPSA) is 12.5 Å². The zero-order valence-corrected chi connectivity index (χ0v) is 14.3. The van der Waals surface area contributed by atoms with E-state index in [4.69, 9.17) is 16.3 Å². The summed E-state index contributed by atoms with van der Waals surface area (Å²) in [5.74, 6) is 4.26. The molecular weight excluding hydrogens is 302 g/mol. The molecule has 0 bridgehead atoms. The lowest BCUT2D eigenvalue weighted by Crippen LogP contribution is -2.42. The Kier molecular flexibility index (Phi) is 5.36. The molecule has 2 nitrogen and oxygen atoms in total. The van der Waals surface area contributed by atoms with Crippen LogP contribution in [0.3, 0.4) is 0 Å². The number of rotatable bonds is 3. The van der Waals surface area contributed by atoms with Gasteiger partial charge in [-0.1, -0.05) is 11.6 Å². The van der Waals surface area contributed by atoms with Gasteiger partial charge in [0.25, 0.3) is 0 Å². The summed E-state index contributed by atoms with van der Waals surface area (Å²) in [6.07, 6.45) is 5.19. The lowest BCUT2D eigenvalue weighted by molar-refractivity contribution is 0.143. The highest BCUT2D eigenvalue weighted by Gasteiger charge is 2.28. The van der Waals surface area contributed by atoms with Crippen molar-refractivity contribution >= 4 is 23.4 Å².